The molecular weight excluding hydrogens is 887 g/mol. The molecule has 1 heterocycles. The van der Waals surface area contributed by atoms with Gasteiger partial charge < -0.3 is 40.3 Å². The summed E-state index contributed by atoms with van der Waals surface area (Å²) in [6.45, 7) is 3.90. The zero-order chi connectivity index (χ0) is 51.5. The van der Waals surface area contributed by atoms with Crippen LogP contribution in [0.2, 0.25) is 0 Å². The normalized spacial score (nSPS) is 19.1. The van der Waals surface area contributed by atoms with Gasteiger partial charge in [0.25, 0.3) is 0 Å². The molecule has 0 bridgehead atoms. The molecular formula is C62H123NO8. The highest BCUT2D eigenvalue weighted by atomic mass is 16.7. The van der Waals surface area contributed by atoms with E-state index in [9.17, 15) is 30.3 Å². The topological polar surface area (TPSA) is 149 Å². The SMILES string of the molecule is CCCCCCCCCCCCCCCCCCCCCCCCCCCCCC(=O)NC(COC1OC(CO)C(O)C(O)C1O)C(O)CCCCCCCCCCCCCCCCCCCCCCC. The summed E-state index contributed by atoms with van der Waals surface area (Å²) in [5, 5.41) is 54.8. The third-order valence-electron chi connectivity index (χ3n) is 15.7. The summed E-state index contributed by atoms with van der Waals surface area (Å²) in [4.78, 5) is 13.1. The number of amides is 1. The number of carbonyl (C=O) groups is 1. The van der Waals surface area contributed by atoms with Crippen molar-refractivity contribution in [1.82, 2.24) is 5.32 Å². The lowest BCUT2D eigenvalue weighted by atomic mass is 9.99. The van der Waals surface area contributed by atoms with E-state index in [1.165, 1.54) is 270 Å². The lowest BCUT2D eigenvalue weighted by molar-refractivity contribution is -0.302. The van der Waals surface area contributed by atoms with Crippen molar-refractivity contribution < 1.29 is 39.8 Å². The number of carbonyl (C=O) groups excluding carboxylic acids is 1. The summed E-state index contributed by atoms with van der Waals surface area (Å²) in [6.07, 6.45) is 57.2. The molecule has 0 aromatic heterocycles. The van der Waals surface area contributed by atoms with E-state index in [2.05, 4.69) is 19.2 Å². The molecule has 9 heteroatoms. The first-order valence-corrected chi connectivity index (χ1v) is 31.7. The van der Waals surface area contributed by atoms with Crippen molar-refractivity contribution in [3.05, 3.63) is 0 Å². The second-order valence-electron chi connectivity index (χ2n) is 22.6. The van der Waals surface area contributed by atoms with Crippen LogP contribution in [0.25, 0.3) is 0 Å². The Morgan fingerprint density at radius 2 is 0.704 bits per heavy atom. The van der Waals surface area contributed by atoms with Gasteiger partial charge in [-0.15, -0.1) is 0 Å². The van der Waals surface area contributed by atoms with Crippen molar-refractivity contribution in [1.29, 1.82) is 0 Å². The minimum Gasteiger partial charge on any atom is -0.394 e. The van der Waals surface area contributed by atoms with Crippen LogP contribution in [0, 0.1) is 0 Å². The molecule has 0 aliphatic carbocycles. The summed E-state index contributed by atoms with van der Waals surface area (Å²) in [6, 6.07) is -0.714. The van der Waals surface area contributed by atoms with Gasteiger partial charge in [-0.3, -0.25) is 4.79 Å². The molecule has 0 saturated carbocycles. The molecule has 1 saturated heterocycles. The van der Waals surface area contributed by atoms with Crippen molar-refractivity contribution in [3.8, 4) is 0 Å². The molecule has 1 amide bonds. The van der Waals surface area contributed by atoms with E-state index in [0.717, 1.165) is 38.5 Å². The van der Waals surface area contributed by atoms with Crippen LogP contribution in [0.4, 0.5) is 0 Å². The van der Waals surface area contributed by atoms with Gasteiger partial charge in [0.1, 0.15) is 24.4 Å². The van der Waals surface area contributed by atoms with E-state index >= 15 is 0 Å². The van der Waals surface area contributed by atoms with Crippen LogP contribution in [0.5, 0.6) is 0 Å². The molecule has 1 aliphatic rings. The molecule has 424 valence electrons. The Labute approximate surface area is 440 Å². The molecule has 7 atom stereocenters. The maximum atomic E-state index is 13.1. The third-order valence-corrected chi connectivity index (χ3v) is 15.7. The molecule has 0 spiro atoms. The molecule has 0 aromatic rings. The van der Waals surface area contributed by atoms with Crippen molar-refractivity contribution >= 4 is 5.91 Å². The smallest absolute Gasteiger partial charge is 0.220 e. The van der Waals surface area contributed by atoms with Gasteiger partial charge in [0, 0.05) is 6.42 Å². The van der Waals surface area contributed by atoms with Gasteiger partial charge in [-0.05, 0) is 12.8 Å². The Kier molecular flexibility index (Phi) is 50.6. The number of aliphatic hydroxyl groups is 5. The van der Waals surface area contributed by atoms with E-state index < -0.39 is 49.5 Å². The van der Waals surface area contributed by atoms with Crippen LogP contribution < -0.4 is 5.32 Å². The van der Waals surface area contributed by atoms with Gasteiger partial charge in [-0.2, -0.15) is 0 Å². The van der Waals surface area contributed by atoms with Crippen LogP contribution in [0.1, 0.15) is 335 Å². The van der Waals surface area contributed by atoms with Crippen LogP contribution >= 0.6 is 0 Å². The van der Waals surface area contributed by atoms with Crippen LogP contribution in [0.15, 0.2) is 0 Å². The summed E-state index contributed by atoms with van der Waals surface area (Å²) in [5.74, 6) is -0.134. The third kappa shape index (κ3) is 42.0. The Morgan fingerprint density at radius 1 is 0.423 bits per heavy atom. The summed E-state index contributed by atoms with van der Waals surface area (Å²) in [5.41, 5.74) is 0. The zero-order valence-corrected chi connectivity index (χ0v) is 47.3. The minimum absolute atomic E-state index is 0.131. The zero-order valence-electron chi connectivity index (χ0n) is 47.3. The van der Waals surface area contributed by atoms with Crippen LogP contribution in [-0.2, 0) is 14.3 Å². The number of rotatable bonds is 56. The largest absolute Gasteiger partial charge is 0.394 e. The van der Waals surface area contributed by atoms with Crippen molar-refractivity contribution in [2.75, 3.05) is 13.2 Å². The molecule has 6 N–H and O–H groups in total. The van der Waals surface area contributed by atoms with E-state index in [0.29, 0.717) is 12.8 Å². The quantitative estimate of drug-likeness (QED) is 0.0330. The maximum Gasteiger partial charge on any atom is 0.220 e. The molecule has 7 unspecified atom stereocenters. The molecule has 9 nitrogen and oxygen atoms in total. The lowest BCUT2D eigenvalue weighted by Gasteiger charge is -2.40. The number of nitrogens with one attached hydrogen (secondary N) is 1. The molecule has 71 heavy (non-hydrogen) atoms. The Bertz CT molecular complexity index is 1080. The maximum absolute atomic E-state index is 13.1. The number of hydrogen-bond donors (Lipinski definition) is 6. The number of aliphatic hydroxyl groups excluding tert-OH is 5. The fourth-order valence-electron chi connectivity index (χ4n) is 10.7. The predicted octanol–water partition coefficient (Wildman–Crippen LogP) is 16.2. The van der Waals surface area contributed by atoms with Gasteiger partial charge in [0.15, 0.2) is 6.29 Å². The summed E-state index contributed by atoms with van der Waals surface area (Å²) >= 11 is 0. The van der Waals surface area contributed by atoms with E-state index in [1.54, 1.807) is 0 Å². The highest BCUT2D eigenvalue weighted by Gasteiger charge is 2.44. The minimum atomic E-state index is -1.55. The summed E-state index contributed by atoms with van der Waals surface area (Å²) < 4.78 is 11.3. The average molecular weight is 1010 g/mol. The van der Waals surface area contributed by atoms with Crippen molar-refractivity contribution in [2.45, 2.75) is 378 Å². The molecule has 1 fully saturated rings. The number of hydrogen-bond acceptors (Lipinski definition) is 8. The lowest BCUT2D eigenvalue weighted by Crippen LogP contribution is -2.60. The standard InChI is InChI=1S/C62H123NO8/c1-3-5-7-9-11-13-15-17-19-21-23-25-26-27-28-29-30-32-34-36-38-40-42-44-46-48-50-52-58(66)63-55(54-70-62-61(69)60(68)59(67)57(53-64)71-62)56(65)51-49-47-45-43-41-39-37-35-33-31-24-22-20-18-16-14-12-10-8-6-4-2/h55-57,59-62,64-65,67-69H,3-54H2,1-2H3,(H,63,66). The average Bonchev–Trinajstić information content (AvgIpc) is 3.37. The first kappa shape index (κ1) is 68.2. The second kappa shape index (κ2) is 52.6. The first-order valence-electron chi connectivity index (χ1n) is 31.7. The van der Waals surface area contributed by atoms with Gasteiger partial charge in [0.2, 0.25) is 5.91 Å². The Hall–Kier alpha value is -0.810. The fourth-order valence-corrected chi connectivity index (χ4v) is 10.7. The van der Waals surface area contributed by atoms with Gasteiger partial charge in [-0.1, -0.05) is 316 Å². The number of unbranched alkanes of at least 4 members (excludes halogenated alkanes) is 46. The van der Waals surface area contributed by atoms with E-state index in [4.69, 9.17) is 9.47 Å². The molecule has 0 aromatic carbocycles. The Morgan fingerprint density at radius 3 is 1.00 bits per heavy atom. The monoisotopic (exact) mass is 1010 g/mol. The van der Waals surface area contributed by atoms with E-state index in [-0.39, 0.29) is 12.5 Å². The highest BCUT2D eigenvalue weighted by molar-refractivity contribution is 5.76. The first-order chi connectivity index (χ1) is 34.8. The predicted molar refractivity (Wildman–Crippen MR) is 300 cm³/mol. The van der Waals surface area contributed by atoms with Crippen molar-refractivity contribution in [2.24, 2.45) is 0 Å². The highest BCUT2D eigenvalue weighted by Crippen LogP contribution is 2.24. The summed E-state index contributed by atoms with van der Waals surface area (Å²) in [7, 11) is 0. The van der Waals surface area contributed by atoms with E-state index in [1.807, 2.05) is 0 Å². The van der Waals surface area contributed by atoms with Gasteiger partial charge in [0.05, 0.1) is 25.4 Å². The van der Waals surface area contributed by atoms with Gasteiger partial charge >= 0.3 is 0 Å². The number of ether oxygens (including phenoxy) is 2. The van der Waals surface area contributed by atoms with Crippen LogP contribution in [-0.4, -0.2) is 87.5 Å². The van der Waals surface area contributed by atoms with Gasteiger partial charge in [-0.25, -0.2) is 0 Å². The second-order valence-corrected chi connectivity index (χ2v) is 22.6. The van der Waals surface area contributed by atoms with Crippen LogP contribution in [0.3, 0.4) is 0 Å². The molecule has 0 radical (unpaired) electrons. The molecule has 1 aliphatic heterocycles. The molecule has 1 rings (SSSR count). The van der Waals surface area contributed by atoms with Crippen molar-refractivity contribution in [3.63, 3.8) is 0 Å². The fraction of sp³-hybridized carbons (Fsp3) is 0.984. The Balaban J connectivity index is 2.14.